The first-order valence-corrected chi connectivity index (χ1v) is 10.7. The van der Waals surface area contributed by atoms with Gasteiger partial charge >= 0.3 is 5.97 Å². The van der Waals surface area contributed by atoms with Crippen molar-refractivity contribution in [2.45, 2.75) is 52.0 Å². The Kier molecular flexibility index (Phi) is 8.67. The molecule has 3 rings (SSSR count). The Labute approximate surface area is 189 Å². The second-order valence-electron chi connectivity index (χ2n) is 7.36. The summed E-state index contributed by atoms with van der Waals surface area (Å²) in [4.78, 5) is 46.0. The summed E-state index contributed by atoms with van der Waals surface area (Å²) < 4.78 is 12.6. The van der Waals surface area contributed by atoms with E-state index in [1.165, 1.54) is 10.9 Å². The van der Waals surface area contributed by atoms with Gasteiger partial charge in [0.1, 0.15) is 6.73 Å². The van der Waals surface area contributed by atoms with Crippen LogP contribution in [0.25, 0.3) is 11.2 Å². The van der Waals surface area contributed by atoms with Crippen LogP contribution in [0.4, 0.5) is 5.95 Å². The van der Waals surface area contributed by atoms with Gasteiger partial charge in [0.15, 0.2) is 17.3 Å². The fraction of sp³-hybridized carbons (Fsp3) is 0.409. The number of carboxylic acid groups (broad SMARTS) is 1. The molecule has 0 spiro atoms. The van der Waals surface area contributed by atoms with Crippen LogP contribution < -0.4 is 10.9 Å². The highest BCUT2D eigenvalue weighted by molar-refractivity contribution is 5.89. The van der Waals surface area contributed by atoms with Crippen LogP contribution in [0.15, 0.2) is 41.5 Å². The van der Waals surface area contributed by atoms with Crippen molar-refractivity contribution in [1.82, 2.24) is 19.5 Å². The van der Waals surface area contributed by atoms with Crippen LogP contribution in [0.1, 0.15) is 38.2 Å². The number of ether oxygens (including phenoxy) is 2. The fourth-order valence-electron chi connectivity index (χ4n) is 3.07. The molecule has 1 amide bonds. The molecule has 1 aromatic carbocycles. The van der Waals surface area contributed by atoms with E-state index in [9.17, 15) is 19.5 Å². The molecule has 0 fully saturated rings. The average Bonchev–Trinajstić information content (AvgIpc) is 3.21. The van der Waals surface area contributed by atoms with Crippen molar-refractivity contribution in [3.63, 3.8) is 0 Å². The van der Waals surface area contributed by atoms with Crippen molar-refractivity contribution in [3.05, 3.63) is 52.6 Å². The minimum Gasteiger partial charge on any atom is -0.479 e. The predicted molar refractivity (Wildman–Crippen MR) is 120 cm³/mol. The number of benzene rings is 1. The predicted octanol–water partition coefficient (Wildman–Crippen LogP) is 2.28. The number of aliphatic carboxylic acids is 1. The molecular weight excluding hydrogens is 430 g/mol. The SMILES string of the molecule is CCC(=O)Nc1nc2c(ncn2COC(CCCCOCc2ccccc2)C(=O)O)c(=O)[nH]1. The number of aromatic amines is 1. The van der Waals surface area contributed by atoms with Gasteiger partial charge in [-0.15, -0.1) is 0 Å². The number of carboxylic acids is 1. The monoisotopic (exact) mass is 457 g/mol. The summed E-state index contributed by atoms with van der Waals surface area (Å²) in [5, 5.41) is 12.0. The number of hydrogen-bond donors (Lipinski definition) is 3. The summed E-state index contributed by atoms with van der Waals surface area (Å²) in [5.74, 6) is -1.39. The molecule has 0 radical (unpaired) electrons. The molecule has 2 aromatic heterocycles. The Morgan fingerprint density at radius 1 is 1.24 bits per heavy atom. The zero-order valence-corrected chi connectivity index (χ0v) is 18.3. The van der Waals surface area contributed by atoms with Crippen molar-refractivity contribution < 1.29 is 24.2 Å². The van der Waals surface area contributed by atoms with Crippen LogP contribution in [0.3, 0.4) is 0 Å². The number of fused-ring (bicyclic) bond motifs is 1. The fourth-order valence-corrected chi connectivity index (χ4v) is 3.07. The number of aromatic nitrogens is 4. The molecule has 176 valence electrons. The molecule has 0 saturated carbocycles. The van der Waals surface area contributed by atoms with Gasteiger partial charge in [-0.1, -0.05) is 37.3 Å². The van der Waals surface area contributed by atoms with E-state index in [1.807, 2.05) is 30.3 Å². The van der Waals surface area contributed by atoms with Crippen molar-refractivity contribution in [2.24, 2.45) is 0 Å². The lowest BCUT2D eigenvalue weighted by Crippen LogP contribution is -2.25. The number of imidazole rings is 1. The summed E-state index contributed by atoms with van der Waals surface area (Å²) in [7, 11) is 0. The van der Waals surface area contributed by atoms with Gasteiger partial charge in [0, 0.05) is 13.0 Å². The maximum Gasteiger partial charge on any atom is 0.332 e. The third-order valence-corrected chi connectivity index (χ3v) is 4.86. The van der Waals surface area contributed by atoms with E-state index in [0.717, 1.165) is 5.56 Å². The minimum absolute atomic E-state index is 0.00797. The number of nitrogens with one attached hydrogen (secondary N) is 2. The third kappa shape index (κ3) is 6.96. The number of carbonyl (C=O) groups is 2. The highest BCUT2D eigenvalue weighted by Gasteiger charge is 2.19. The number of nitrogens with zero attached hydrogens (tertiary/aromatic N) is 3. The average molecular weight is 457 g/mol. The zero-order valence-electron chi connectivity index (χ0n) is 18.3. The number of amides is 1. The van der Waals surface area contributed by atoms with Crippen LogP contribution >= 0.6 is 0 Å². The van der Waals surface area contributed by atoms with Gasteiger partial charge in [-0.2, -0.15) is 4.98 Å². The molecule has 3 N–H and O–H groups in total. The summed E-state index contributed by atoms with van der Waals surface area (Å²) in [6, 6.07) is 9.81. The van der Waals surface area contributed by atoms with Gasteiger partial charge in [-0.05, 0) is 24.8 Å². The van der Waals surface area contributed by atoms with E-state index in [0.29, 0.717) is 32.5 Å². The second kappa shape index (κ2) is 11.9. The molecule has 0 saturated heterocycles. The number of carbonyl (C=O) groups excluding carboxylic acids is 1. The first kappa shape index (κ1) is 24.1. The van der Waals surface area contributed by atoms with Crippen molar-refractivity contribution in [2.75, 3.05) is 11.9 Å². The molecule has 11 nitrogen and oxygen atoms in total. The van der Waals surface area contributed by atoms with Gasteiger partial charge in [0.2, 0.25) is 11.9 Å². The van der Waals surface area contributed by atoms with Crippen molar-refractivity contribution in [3.8, 4) is 0 Å². The Hall–Kier alpha value is -3.57. The van der Waals surface area contributed by atoms with Gasteiger partial charge < -0.3 is 14.6 Å². The first-order chi connectivity index (χ1) is 16.0. The quantitative estimate of drug-likeness (QED) is 0.331. The normalized spacial score (nSPS) is 12.0. The lowest BCUT2D eigenvalue weighted by atomic mass is 10.1. The molecule has 0 aliphatic rings. The molecule has 2 heterocycles. The van der Waals surface area contributed by atoms with Gasteiger partial charge in [-0.25, -0.2) is 9.78 Å². The van der Waals surface area contributed by atoms with Crippen LogP contribution in [-0.2, 0) is 32.4 Å². The Morgan fingerprint density at radius 3 is 2.76 bits per heavy atom. The number of H-pyrrole nitrogens is 1. The zero-order chi connectivity index (χ0) is 23.6. The molecule has 33 heavy (non-hydrogen) atoms. The summed E-state index contributed by atoms with van der Waals surface area (Å²) in [6.45, 7) is 2.55. The maximum atomic E-state index is 12.2. The molecule has 1 unspecified atom stereocenters. The van der Waals surface area contributed by atoms with E-state index >= 15 is 0 Å². The molecule has 1 atom stereocenters. The topological polar surface area (TPSA) is 148 Å². The Bertz CT molecular complexity index is 1130. The Balaban J connectivity index is 1.51. The molecule has 3 aromatic rings. The third-order valence-electron chi connectivity index (χ3n) is 4.86. The second-order valence-corrected chi connectivity index (χ2v) is 7.36. The number of unbranched alkanes of at least 4 members (excludes halogenated alkanes) is 1. The van der Waals surface area contributed by atoms with Gasteiger partial charge in [0.25, 0.3) is 5.56 Å². The lowest BCUT2D eigenvalue weighted by Gasteiger charge is -2.14. The highest BCUT2D eigenvalue weighted by Crippen LogP contribution is 2.12. The Morgan fingerprint density at radius 2 is 2.03 bits per heavy atom. The van der Waals surface area contributed by atoms with Crippen LogP contribution in [0.2, 0.25) is 0 Å². The molecule has 0 aliphatic heterocycles. The smallest absolute Gasteiger partial charge is 0.332 e. The highest BCUT2D eigenvalue weighted by atomic mass is 16.5. The number of anilines is 1. The molecule has 0 aliphatic carbocycles. The van der Waals surface area contributed by atoms with Crippen molar-refractivity contribution in [1.29, 1.82) is 0 Å². The van der Waals surface area contributed by atoms with Crippen LogP contribution in [0, 0.1) is 0 Å². The lowest BCUT2D eigenvalue weighted by molar-refractivity contribution is -0.153. The number of rotatable bonds is 13. The van der Waals surface area contributed by atoms with Gasteiger partial charge in [0.05, 0.1) is 12.9 Å². The first-order valence-electron chi connectivity index (χ1n) is 10.7. The maximum absolute atomic E-state index is 12.2. The van der Waals surface area contributed by atoms with Crippen LogP contribution in [-0.4, -0.2) is 49.2 Å². The molecule has 0 bridgehead atoms. The van der Waals surface area contributed by atoms with Crippen LogP contribution in [0.5, 0.6) is 0 Å². The summed E-state index contributed by atoms with van der Waals surface area (Å²) >= 11 is 0. The van der Waals surface area contributed by atoms with E-state index in [-0.39, 0.29) is 36.2 Å². The largest absolute Gasteiger partial charge is 0.479 e. The minimum atomic E-state index is -1.08. The van der Waals surface area contributed by atoms with E-state index in [2.05, 4.69) is 20.3 Å². The molecular formula is C22H27N5O6. The number of hydrogen-bond acceptors (Lipinski definition) is 7. The standard InChI is InChI=1S/C22H27N5O6/c1-2-17(28)24-22-25-19-18(20(29)26-22)23-13-27(19)14-33-16(21(30)31)10-6-7-11-32-12-15-8-4-3-5-9-15/h3-5,8-9,13,16H,2,6-7,10-12,14H2,1H3,(H,30,31)(H2,24,25,26,28,29). The molecule has 11 heteroatoms. The van der Waals surface area contributed by atoms with Gasteiger partial charge in [-0.3, -0.25) is 24.5 Å². The van der Waals surface area contributed by atoms with E-state index in [4.69, 9.17) is 9.47 Å². The summed E-state index contributed by atoms with van der Waals surface area (Å²) in [5.41, 5.74) is 0.816. The van der Waals surface area contributed by atoms with E-state index in [1.54, 1.807) is 6.92 Å². The summed E-state index contributed by atoms with van der Waals surface area (Å²) in [6.07, 6.45) is 2.16. The van der Waals surface area contributed by atoms with Crippen molar-refractivity contribution >= 4 is 29.0 Å². The van der Waals surface area contributed by atoms with E-state index < -0.39 is 17.6 Å².